The Bertz CT molecular complexity index is 539. The van der Waals surface area contributed by atoms with Gasteiger partial charge in [-0.2, -0.15) is 0 Å². The number of aromatic carboxylic acids is 1. The monoisotopic (exact) mass is 222 g/mol. The molecule has 2 amide bonds. The highest BCUT2D eigenvalue weighted by Crippen LogP contribution is 2.23. The van der Waals surface area contributed by atoms with Crippen LogP contribution >= 0.6 is 0 Å². The topological polar surface area (TPSA) is 126 Å². The highest BCUT2D eigenvalue weighted by Gasteiger charge is 2.38. The quantitative estimate of drug-likeness (QED) is 0.582. The number of amides is 2. The van der Waals surface area contributed by atoms with Gasteiger partial charge in [-0.25, -0.2) is 14.8 Å². The van der Waals surface area contributed by atoms with Crippen molar-refractivity contribution in [3.8, 4) is 0 Å². The van der Waals surface area contributed by atoms with Gasteiger partial charge < -0.3 is 10.8 Å². The SMILES string of the molecule is CN1C(=O)c2nc(C(=O)O)nc(N)c2C1=O. The molecule has 8 nitrogen and oxygen atoms in total. The summed E-state index contributed by atoms with van der Waals surface area (Å²) in [6, 6.07) is 0. The molecule has 0 bridgehead atoms. The van der Waals surface area contributed by atoms with E-state index in [0.717, 1.165) is 4.90 Å². The van der Waals surface area contributed by atoms with Crippen molar-refractivity contribution < 1.29 is 19.5 Å². The van der Waals surface area contributed by atoms with E-state index in [0.29, 0.717) is 0 Å². The van der Waals surface area contributed by atoms with Crippen molar-refractivity contribution in [2.45, 2.75) is 0 Å². The lowest BCUT2D eigenvalue weighted by Crippen LogP contribution is -2.24. The molecule has 0 radical (unpaired) electrons. The van der Waals surface area contributed by atoms with Crippen molar-refractivity contribution in [3.05, 3.63) is 17.1 Å². The van der Waals surface area contributed by atoms with Crippen molar-refractivity contribution in [2.24, 2.45) is 0 Å². The number of hydrogen-bond donors (Lipinski definition) is 2. The van der Waals surface area contributed by atoms with Crippen LogP contribution in [0.1, 0.15) is 31.5 Å². The zero-order valence-corrected chi connectivity index (χ0v) is 8.09. The lowest BCUT2D eigenvalue weighted by Gasteiger charge is -2.02. The van der Waals surface area contributed by atoms with E-state index in [9.17, 15) is 14.4 Å². The summed E-state index contributed by atoms with van der Waals surface area (Å²) in [4.78, 5) is 41.4. The van der Waals surface area contributed by atoms with Gasteiger partial charge >= 0.3 is 5.97 Å². The summed E-state index contributed by atoms with van der Waals surface area (Å²) in [7, 11) is 1.26. The first-order valence-electron chi connectivity index (χ1n) is 4.16. The van der Waals surface area contributed by atoms with Crippen LogP contribution < -0.4 is 5.73 Å². The Labute approximate surface area is 88.7 Å². The van der Waals surface area contributed by atoms with Gasteiger partial charge in [-0.15, -0.1) is 0 Å². The van der Waals surface area contributed by atoms with Gasteiger partial charge in [0.05, 0.1) is 0 Å². The third-order valence-corrected chi connectivity index (χ3v) is 2.15. The maximum absolute atomic E-state index is 11.5. The first-order chi connectivity index (χ1) is 7.43. The van der Waals surface area contributed by atoms with E-state index in [4.69, 9.17) is 10.8 Å². The molecule has 0 aliphatic carbocycles. The summed E-state index contributed by atoms with van der Waals surface area (Å²) >= 11 is 0. The molecule has 8 heteroatoms. The third kappa shape index (κ3) is 1.13. The minimum absolute atomic E-state index is 0.141. The normalized spacial score (nSPS) is 14.2. The van der Waals surface area contributed by atoms with E-state index in [1.807, 2.05) is 0 Å². The maximum atomic E-state index is 11.5. The number of nitrogen functional groups attached to an aromatic ring is 1. The highest BCUT2D eigenvalue weighted by molar-refractivity contribution is 6.22. The zero-order chi connectivity index (χ0) is 12.0. The Hall–Kier alpha value is -2.51. The number of imide groups is 1. The highest BCUT2D eigenvalue weighted by atomic mass is 16.4. The standard InChI is InChI=1S/C8H6N4O4/c1-12-6(13)2-3(7(12)14)10-5(8(15)16)11-4(2)9/h1H3,(H,15,16)(H2,9,10,11). The van der Waals surface area contributed by atoms with Gasteiger partial charge in [-0.3, -0.25) is 14.5 Å². The molecule has 2 heterocycles. The second-order valence-electron chi connectivity index (χ2n) is 3.13. The van der Waals surface area contributed by atoms with E-state index >= 15 is 0 Å². The molecule has 0 atom stereocenters. The Kier molecular flexibility index (Phi) is 1.87. The van der Waals surface area contributed by atoms with Gasteiger partial charge in [0.25, 0.3) is 11.8 Å². The molecule has 0 saturated heterocycles. The maximum Gasteiger partial charge on any atom is 0.374 e. The van der Waals surface area contributed by atoms with Crippen LogP contribution in [-0.2, 0) is 0 Å². The van der Waals surface area contributed by atoms with Crippen molar-refractivity contribution in [1.29, 1.82) is 0 Å². The molecule has 1 aromatic rings. The van der Waals surface area contributed by atoms with Crippen LogP contribution in [0.4, 0.5) is 5.82 Å². The number of nitrogens with two attached hydrogens (primary N) is 1. The van der Waals surface area contributed by atoms with Crippen LogP contribution in [0.15, 0.2) is 0 Å². The number of carboxylic acids is 1. The molecule has 82 valence electrons. The van der Waals surface area contributed by atoms with Crippen molar-refractivity contribution in [2.75, 3.05) is 12.8 Å². The smallest absolute Gasteiger partial charge is 0.374 e. The molecule has 1 aliphatic heterocycles. The zero-order valence-electron chi connectivity index (χ0n) is 8.09. The third-order valence-electron chi connectivity index (χ3n) is 2.15. The van der Waals surface area contributed by atoms with Crippen LogP contribution in [-0.4, -0.2) is 44.8 Å². The molecule has 0 saturated carbocycles. The fourth-order valence-electron chi connectivity index (χ4n) is 1.36. The molecule has 3 N–H and O–H groups in total. The van der Waals surface area contributed by atoms with Gasteiger partial charge in [0, 0.05) is 7.05 Å². The Morgan fingerprint density at radius 2 is 1.94 bits per heavy atom. The number of nitrogens with zero attached hydrogens (tertiary/aromatic N) is 3. The first-order valence-corrected chi connectivity index (χ1v) is 4.16. The summed E-state index contributed by atoms with van der Waals surface area (Å²) in [5.74, 6) is -3.63. The predicted molar refractivity (Wildman–Crippen MR) is 49.8 cm³/mol. The van der Waals surface area contributed by atoms with E-state index in [1.165, 1.54) is 7.05 Å². The summed E-state index contributed by atoms with van der Waals surface area (Å²) in [5.41, 5.74) is 5.00. The van der Waals surface area contributed by atoms with Crippen LogP contribution in [0, 0.1) is 0 Å². The number of aromatic nitrogens is 2. The largest absolute Gasteiger partial charge is 0.475 e. The second kappa shape index (κ2) is 2.99. The van der Waals surface area contributed by atoms with E-state index < -0.39 is 23.6 Å². The number of rotatable bonds is 1. The number of carboxylic acid groups (broad SMARTS) is 1. The Morgan fingerprint density at radius 3 is 2.50 bits per heavy atom. The molecule has 0 aromatic carbocycles. The minimum atomic E-state index is -1.41. The predicted octanol–water partition coefficient (Wildman–Crippen LogP) is -1.02. The summed E-state index contributed by atoms with van der Waals surface area (Å²) in [6.45, 7) is 0. The average molecular weight is 222 g/mol. The second-order valence-corrected chi connectivity index (χ2v) is 3.13. The average Bonchev–Trinajstić information content (AvgIpc) is 2.44. The molecular formula is C8H6N4O4. The van der Waals surface area contributed by atoms with Gasteiger partial charge in [-0.1, -0.05) is 0 Å². The van der Waals surface area contributed by atoms with Crippen molar-refractivity contribution in [1.82, 2.24) is 14.9 Å². The van der Waals surface area contributed by atoms with Gasteiger partial charge in [0.2, 0.25) is 5.82 Å². The molecule has 0 unspecified atom stereocenters. The fourth-order valence-corrected chi connectivity index (χ4v) is 1.36. The van der Waals surface area contributed by atoms with Crippen LogP contribution in [0.2, 0.25) is 0 Å². The number of carbonyl (C=O) groups excluding carboxylic acids is 2. The summed E-state index contributed by atoms with van der Waals surface area (Å²) in [5, 5.41) is 8.67. The lowest BCUT2D eigenvalue weighted by molar-refractivity contribution is 0.0680. The van der Waals surface area contributed by atoms with Gasteiger partial charge in [-0.05, 0) is 0 Å². The molecular weight excluding hydrogens is 216 g/mol. The lowest BCUT2D eigenvalue weighted by atomic mass is 10.2. The van der Waals surface area contributed by atoms with Gasteiger partial charge in [0.1, 0.15) is 17.1 Å². The van der Waals surface area contributed by atoms with E-state index in [2.05, 4.69) is 9.97 Å². The number of anilines is 1. The first kappa shape index (κ1) is 10.0. The number of carbonyl (C=O) groups is 3. The molecule has 16 heavy (non-hydrogen) atoms. The minimum Gasteiger partial charge on any atom is -0.475 e. The van der Waals surface area contributed by atoms with Crippen LogP contribution in [0.3, 0.4) is 0 Å². The molecule has 0 fully saturated rings. The summed E-state index contributed by atoms with van der Waals surface area (Å²) < 4.78 is 0. The van der Waals surface area contributed by atoms with Crippen molar-refractivity contribution >= 4 is 23.6 Å². The Morgan fingerprint density at radius 1 is 1.31 bits per heavy atom. The van der Waals surface area contributed by atoms with E-state index in [-0.39, 0.29) is 17.1 Å². The number of hydrogen-bond acceptors (Lipinski definition) is 6. The van der Waals surface area contributed by atoms with Crippen LogP contribution in [0.5, 0.6) is 0 Å². The summed E-state index contributed by atoms with van der Waals surface area (Å²) in [6.07, 6.45) is 0. The molecule has 1 aliphatic rings. The van der Waals surface area contributed by atoms with Gasteiger partial charge in [0.15, 0.2) is 0 Å². The van der Waals surface area contributed by atoms with E-state index in [1.54, 1.807) is 0 Å². The van der Waals surface area contributed by atoms with Crippen LogP contribution in [0.25, 0.3) is 0 Å². The van der Waals surface area contributed by atoms with Crippen molar-refractivity contribution in [3.63, 3.8) is 0 Å². The molecule has 0 spiro atoms. The Balaban J connectivity index is 2.72. The number of fused-ring (bicyclic) bond motifs is 1. The molecule has 2 rings (SSSR count). The molecule has 1 aromatic heterocycles. The fraction of sp³-hybridized carbons (Fsp3) is 0.125.